The predicted octanol–water partition coefficient (Wildman–Crippen LogP) is 3.98. The molecule has 0 spiro atoms. The number of carbonyl (C=O) groups excluding carboxylic acids is 1. The van der Waals surface area contributed by atoms with Gasteiger partial charge < -0.3 is 15.5 Å². The molecule has 0 fully saturated rings. The van der Waals surface area contributed by atoms with Gasteiger partial charge in [-0.2, -0.15) is 0 Å². The summed E-state index contributed by atoms with van der Waals surface area (Å²) < 4.78 is 5.35. The summed E-state index contributed by atoms with van der Waals surface area (Å²) in [7, 11) is 1.66. The molecule has 0 radical (unpaired) electrons. The first kappa shape index (κ1) is 16.1. The van der Waals surface area contributed by atoms with E-state index in [9.17, 15) is 4.79 Å². The van der Waals surface area contributed by atoms with Crippen molar-refractivity contribution in [1.82, 2.24) is 9.97 Å². The number of H-pyrrole nitrogens is 1. The molecule has 5 heteroatoms. The molecule has 3 N–H and O–H groups in total. The van der Waals surface area contributed by atoms with Crippen molar-refractivity contribution in [2.24, 2.45) is 5.73 Å². The molecule has 1 amide bonds. The lowest BCUT2D eigenvalue weighted by Crippen LogP contribution is -2.10. The first-order chi connectivity index (χ1) is 12.6. The van der Waals surface area contributed by atoms with E-state index in [2.05, 4.69) is 11.9 Å². The molecule has 0 aliphatic heterocycles. The SMILES string of the molecule is COc1ccc2[nH]cc(C(C)c3ccc4ccc(C(N)=O)cc4n3)c2c1. The second kappa shape index (κ2) is 6.19. The lowest BCUT2D eigenvalue weighted by Gasteiger charge is -2.12. The van der Waals surface area contributed by atoms with Gasteiger partial charge in [0.15, 0.2) is 0 Å². The number of hydrogen-bond donors (Lipinski definition) is 2. The van der Waals surface area contributed by atoms with Gasteiger partial charge in [0, 0.05) is 39.7 Å². The maximum atomic E-state index is 11.4. The van der Waals surface area contributed by atoms with Crippen LogP contribution >= 0.6 is 0 Å². The molecular formula is C21H19N3O2. The standard InChI is InChI=1S/C21H19N3O2/c1-12(17-11-23-19-8-6-15(26-2)10-16(17)19)18-7-5-13-3-4-14(21(22)25)9-20(13)24-18/h3-12,23H,1-2H3,(H2,22,25). The lowest BCUT2D eigenvalue weighted by molar-refractivity contribution is 0.100. The molecule has 1 unspecified atom stereocenters. The van der Waals surface area contributed by atoms with Crippen LogP contribution in [0.4, 0.5) is 0 Å². The van der Waals surface area contributed by atoms with Gasteiger partial charge in [-0.3, -0.25) is 9.78 Å². The van der Waals surface area contributed by atoms with Gasteiger partial charge >= 0.3 is 0 Å². The minimum absolute atomic E-state index is 0.0810. The number of hydrogen-bond acceptors (Lipinski definition) is 3. The maximum Gasteiger partial charge on any atom is 0.248 e. The van der Waals surface area contributed by atoms with Crippen LogP contribution in [-0.2, 0) is 0 Å². The highest BCUT2D eigenvalue weighted by molar-refractivity contribution is 5.96. The number of ether oxygens (including phenoxy) is 1. The maximum absolute atomic E-state index is 11.4. The Morgan fingerprint density at radius 1 is 1.15 bits per heavy atom. The number of methoxy groups -OCH3 is 1. The number of primary amides is 1. The predicted molar refractivity (Wildman–Crippen MR) is 103 cm³/mol. The average Bonchev–Trinajstić information content (AvgIpc) is 3.09. The first-order valence-electron chi connectivity index (χ1n) is 8.42. The molecule has 4 rings (SSSR count). The number of pyridine rings is 1. The van der Waals surface area contributed by atoms with E-state index in [0.717, 1.165) is 38.8 Å². The average molecular weight is 345 g/mol. The lowest BCUT2D eigenvalue weighted by atomic mass is 9.96. The summed E-state index contributed by atoms with van der Waals surface area (Å²) in [6.07, 6.45) is 2.01. The number of carbonyl (C=O) groups is 1. The van der Waals surface area contributed by atoms with Crippen LogP contribution in [0.2, 0.25) is 0 Å². The van der Waals surface area contributed by atoms with Crippen LogP contribution < -0.4 is 10.5 Å². The number of nitrogens with one attached hydrogen (secondary N) is 1. The van der Waals surface area contributed by atoms with Gasteiger partial charge in [-0.05, 0) is 42.0 Å². The highest BCUT2D eigenvalue weighted by Gasteiger charge is 2.16. The van der Waals surface area contributed by atoms with E-state index in [0.29, 0.717) is 5.56 Å². The van der Waals surface area contributed by atoms with Crippen LogP contribution in [0.1, 0.15) is 34.5 Å². The zero-order chi connectivity index (χ0) is 18.3. The molecule has 0 saturated carbocycles. The normalized spacial score (nSPS) is 12.4. The van der Waals surface area contributed by atoms with Crippen molar-refractivity contribution in [3.05, 3.63) is 71.5 Å². The number of nitrogens with zero attached hydrogens (tertiary/aromatic N) is 1. The quantitative estimate of drug-likeness (QED) is 0.587. The van der Waals surface area contributed by atoms with Crippen molar-refractivity contribution in [2.45, 2.75) is 12.8 Å². The number of amides is 1. The summed E-state index contributed by atoms with van der Waals surface area (Å²) in [5, 5.41) is 2.09. The highest BCUT2D eigenvalue weighted by Crippen LogP contribution is 2.32. The Kier molecular flexibility index (Phi) is 3.84. The summed E-state index contributed by atoms with van der Waals surface area (Å²) in [6.45, 7) is 2.12. The number of rotatable bonds is 4. The van der Waals surface area contributed by atoms with Crippen molar-refractivity contribution in [3.63, 3.8) is 0 Å². The second-order valence-corrected chi connectivity index (χ2v) is 6.39. The van der Waals surface area contributed by atoms with Crippen molar-refractivity contribution < 1.29 is 9.53 Å². The van der Waals surface area contributed by atoms with Crippen LogP contribution in [0, 0.1) is 0 Å². The fraction of sp³-hybridized carbons (Fsp3) is 0.143. The van der Waals surface area contributed by atoms with Gasteiger partial charge in [0.2, 0.25) is 5.91 Å². The van der Waals surface area contributed by atoms with Crippen LogP contribution in [0.5, 0.6) is 5.75 Å². The third-order valence-electron chi connectivity index (χ3n) is 4.83. The molecule has 0 bridgehead atoms. The summed E-state index contributed by atoms with van der Waals surface area (Å²) in [5.74, 6) is 0.455. The molecule has 0 saturated heterocycles. The molecule has 0 aliphatic carbocycles. The molecule has 0 aliphatic rings. The summed E-state index contributed by atoms with van der Waals surface area (Å²) in [4.78, 5) is 19.5. The van der Waals surface area contributed by atoms with Crippen LogP contribution in [0.25, 0.3) is 21.8 Å². The molecular weight excluding hydrogens is 326 g/mol. The fourth-order valence-electron chi connectivity index (χ4n) is 3.29. The Morgan fingerprint density at radius 2 is 1.96 bits per heavy atom. The number of nitrogens with two attached hydrogens (primary N) is 1. The van der Waals surface area contributed by atoms with Gasteiger partial charge in [-0.25, -0.2) is 0 Å². The third-order valence-corrected chi connectivity index (χ3v) is 4.83. The van der Waals surface area contributed by atoms with Crippen molar-refractivity contribution >= 4 is 27.7 Å². The Labute approximate surface area is 150 Å². The number of fused-ring (bicyclic) bond motifs is 2. The molecule has 1 atom stereocenters. The Hall–Kier alpha value is -3.34. The van der Waals surface area contributed by atoms with Gasteiger partial charge in [-0.1, -0.05) is 19.1 Å². The van der Waals surface area contributed by atoms with E-state index in [4.69, 9.17) is 15.5 Å². The van der Waals surface area contributed by atoms with Gasteiger partial charge in [-0.15, -0.1) is 0 Å². The largest absolute Gasteiger partial charge is 0.497 e. The molecule has 4 aromatic rings. The first-order valence-corrected chi connectivity index (χ1v) is 8.42. The van der Waals surface area contributed by atoms with Gasteiger partial charge in [0.05, 0.1) is 12.6 Å². The summed E-state index contributed by atoms with van der Waals surface area (Å²) >= 11 is 0. The second-order valence-electron chi connectivity index (χ2n) is 6.39. The van der Waals surface area contributed by atoms with E-state index in [1.165, 1.54) is 0 Å². The van der Waals surface area contributed by atoms with Crippen molar-refractivity contribution in [3.8, 4) is 5.75 Å². The third kappa shape index (κ3) is 2.67. The molecule has 2 aromatic heterocycles. The summed E-state index contributed by atoms with van der Waals surface area (Å²) in [6, 6.07) is 15.4. The van der Waals surface area contributed by atoms with E-state index >= 15 is 0 Å². The highest BCUT2D eigenvalue weighted by atomic mass is 16.5. The van der Waals surface area contributed by atoms with Gasteiger partial charge in [0.25, 0.3) is 0 Å². The zero-order valence-corrected chi connectivity index (χ0v) is 14.6. The summed E-state index contributed by atoms with van der Waals surface area (Å²) in [5.41, 5.74) is 9.76. The zero-order valence-electron chi connectivity index (χ0n) is 14.6. The monoisotopic (exact) mass is 345 g/mol. The van der Waals surface area contributed by atoms with E-state index in [1.807, 2.05) is 42.6 Å². The Bertz CT molecular complexity index is 1130. The molecule has 2 aromatic carbocycles. The molecule has 5 nitrogen and oxygen atoms in total. The number of aromatic nitrogens is 2. The van der Waals surface area contributed by atoms with Crippen molar-refractivity contribution in [2.75, 3.05) is 7.11 Å². The smallest absolute Gasteiger partial charge is 0.248 e. The molecule has 130 valence electrons. The number of benzene rings is 2. The fourth-order valence-corrected chi connectivity index (χ4v) is 3.29. The van der Waals surface area contributed by atoms with E-state index < -0.39 is 5.91 Å². The van der Waals surface area contributed by atoms with Crippen molar-refractivity contribution in [1.29, 1.82) is 0 Å². The van der Waals surface area contributed by atoms with Crippen LogP contribution in [0.3, 0.4) is 0 Å². The van der Waals surface area contributed by atoms with E-state index in [1.54, 1.807) is 19.2 Å². The van der Waals surface area contributed by atoms with E-state index in [-0.39, 0.29) is 5.92 Å². The number of aromatic amines is 1. The molecule has 26 heavy (non-hydrogen) atoms. The Morgan fingerprint density at radius 3 is 2.73 bits per heavy atom. The molecule has 2 heterocycles. The minimum Gasteiger partial charge on any atom is -0.497 e. The van der Waals surface area contributed by atoms with Crippen LogP contribution in [-0.4, -0.2) is 23.0 Å². The minimum atomic E-state index is -0.448. The van der Waals surface area contributed by atoms with Gasteiger partial charge in [0.1, 0.15) is 5.75 Å². The van der Waals surface area contributed by atoms with Crippen LogP contribution in [0.15, 0.2) is 54.7 Å². The Balaban J connectivity index is 1.80. The topological polar surface area (TPSA) is 81.0 Å².